The van der Waals surface area contributed by atoms with Crippen molar-refractivity contribution in [2.24, 2.45) is 0 Å². The summed E-state index contributed by atoms with van der Waals surface area (Å²) in [6.45, 7) is 0. The topological polar surface area (TPSA) is 100 Å². The van der Waals surface area contributed by atoms with Crippen molar-refractivity contribution in [3.8, 4) is 11.3 Å². The predicted molar refractivity (Wildman–Crippen MR) is 120 cm³/mol. The minimum absolute atomic E-state index is 0.00435. The quantitative estimate of drug-likeness (QED) is 0.525. The highest BCUT2D eigenvalue weighted by Gasteiger charge is 2.29. The Labute approximate surface area is 183 Å². The van der Waals surface area contributed by atoms with Crippen LogP contribution >= 0.6 is 11.8 Å². The third-order valence-electron chi connectivity index (χ3n) is 4.94. The number of aliphatic carboxylic acids is 1. The lowest BCUT2D eigenvalue weighted by atomic mass is 10.2. The van der Waals surface area contributed by atoms with Crippen LogP contribution in [0.2, 0.25) is 0 Å². The summed E-state index contributed by atoms with van der Waals surface area (Å²) in [6.07, 6.45) is 0.218. The van der Waals surface area contributed by atoms with Crippen LogP contribution in [0.3, 0.4) is 0 Å². The van der Waals surface area contributed by atoms with Crippen LogP contribution in [0.1, 0.15) is 18.5 Å². The van der Waals surface area contributed by atoms with Gasteiger partial charge in [0.1, 0.15) is 0 Å². The molecule has 1 aliphatic rings. The molecular formula is C23H21N3O4S. The lowest BCUT2D eigenvalue weighted by Gasteiger charge is -2.24. The van der Waals surface area contributed by atoms with E-state index in [4.69, 9.17) is 5.11 Å². The number of amides is 2. The van der Waals surface area contributed by atoms with Crippen LogP contribution in [0.25, 0.3) is 11.3 Å². The second kappa shape index (κ2) is 9.09. The van der Waals surface area contributed by atoms with Gasteiger partial charge in [-0.05, 0) is 24.3 Å². The van der Waals surface area contributed by atoms with Crippen molar-refractivity contribution in [3.05, 3.63) is 72.4 Å². The number of hydrogen-bond acceptors (Lipinski definition) is 4. The second-order valence-corrected chi connectivity index (χ2v) is 8.38. The Morgan fingerprint density at radius 3 is 2.55 bits per heavy atom. The monoisotopic (exact) mass is 435 g/mol. The average molecular weight is 436 g/mol. The molecule has 31 heavy (non-hydrogen) atoms. The number of para-hydroxylation sites is 1. The highest BCUT2D eigenvalue weighted by Crippen LogP contribution is 2.36. The second-order valence-electron chi connectivity index (χ2n) is 7.14. The number of thioether (sulfide) groups is 1. The van der Waals surface area contributed by atoms with Crippen molar-refractivity contribution in [2.45, 2.75) is 29.4 Å². The third kappa shape index (κ3) is 4.80. The van der Waals surface area contributed by atoms with E-state index < -0.39 is 11.2 Å². The van der Waals surface area contributed by atoms with Crippen LogP contribution < -0.4 is 10.7 Å². The number of aromatic nitrogens is 1. The van der Waals surface area contributed by atoms with E-state index in [0.717, 1.165) is 21.8 Å². The highest BCUT2D eigenvalue weighted by molar-refractivity contribution is 8.01. The molecule has 0 bridgehead atoms. The number of benzene rings is 2. The Bertz CT molecular complexity index is 1130. The SMILES string of the molecule is O=C(O)CCc1ccc(-c2ccccc2)n1NC(=O)C[C@@H]1Sc2ccccc2NC1=O. The van der Waals surface area contributed by atoms with E-state index in [1.165, 1.54) is 11.8 Å². The molecule has 0 spiro atoms. The van der Waals surface area contributed by atoms with Gasteiger partial charge in [0.25, 0.3) is 0 Å². The van der Waals surface area contributed by atoms with Crippen LogP contribution in [0, 0.1) is 0 Å². The zero-order valence-electron chi connectivity index (χ0n) is 16.6. The summed E-state index contributed by atoms with van der Waals surface area (Å²) in [5.41, 5.74) is 5.94. The van der Waals surface area contributed by atoms with E-state index in [0.29, 0.717) is 5.69 Å². The van der Waals surface area contributed by atoms with E-state index in [9.17, 15) is 14.4 Å². The van der Waals surface area contributed by atoms with Crippen LogP contribution in [-0.4, -0.2) is 32.8 Å². The summed E-state index contributed by atoms with van der Waals surface area (Å²) in [4.78, 5) is 37.3. The minimum Gasteiger partial charge on any atom is -0.481 e. The molecule has 0 saturated heterocycles. The molecule has 0 fully saturated rings. The van der Waals surface area contributed by atoms with Gasteiger partial charge in [0.15, 0.2) is 0 Å². The number of carbonyl (C=O) groups excluding carboxylic acids is 2. The fourth-order valence-electron chi connectivity index (χ4n) is 3.44. The van der Waals surface area contributed by atoms with Crippen LogP contribution in [0.5, 0.6) is 0 Å². The molecule has 1 atom stereocenters. The third-order valence-corrected chi connectivity index (χ3v) is 6.22. The number of nitrogens with one attached hydrogen (secondary N) is 2. The van der Waals surface area contributed by atoms with Gasteiger partial charge in [-0.25, -0.2) is 0 Å². The summed E-state index contributed by atoms with van der Waals surface area (Å²) >= 11 is 1.37. The first-order valence-corrected chi connectivity index (χ1v) is 10.7. The lowest BCUT2D eigenvalue weighted by Crippen LogP contribution is -2.34. The van der Waals surface area contributed by atoms with E-state index in [2.05, 4.69) is 10.7 Å². The summed E-state index contributed by atoms with van der Waals surface area (Å²) in [6, 6.07) is 20.7. The van der Waals surface area contributed by atoms with Gasteiger partial charge in [-0.2, -0.15) is 0 Å². The molecule has 0 saturated carbocycles. The van der Waals surface area contributed by atoms with E-state index >= 15 is 0 Å². The first-order chi connectivity index (χ1) is 15.0. The predicted octanol–water partition coefficient (Wildman–Crippen LogP) is 3.75. The number of carbonyl (C=O) groups is 3. The molecule has 1 aliphatic heterocycles. The van der Waals surface area contributed by atoms with Crippen LogP contribution in [0.15, 0.2) is 71.6 Å². The molecule has 2 amide bonds. The van der Waals surface area contributed by atoms with Gasteiger partial charge in [0.05, 0.1) is 23.1 Å². The molecule has 7 nitrogen and oxygen atoms in total. The van der Waals surface area contributed by atoms with Gasteiger partial charge in [-0.3, -0.25) is 24.5 Å². The Kier molecular flexibility index (Phi) is 6.08. The summed E-state index contributed by atoms with van der Waals surface area (Å²) < 4.78 is 1.62. The van der Waals surface area contributed by atoms with Gasteiger partial charge < -0.3 is 10.4 Å². The Morgan fingerprint density at radius 2 is 1.77 bits per heavy atom. The Hall–Kier alpha value is -3.52. The van der Waals surface area contributed by atoms with Crippen molar-refractivity contribution in [1.82, 2.24) is 4.68 Å². The largest absolute Gasteiger partial charge is 0.481 e. The number of nitrogens with zero attached hydrogens (tertiary/aromatic N) is 1. The molecule has 2 heterocycles. The molecule has 0 unspecified atom stereocenters. The number of carboxylic acids is 1. The maximum atomic E-state index is 12.9. The van der Waals surface area contributed by atoms with Gasteiger partial charge in [0, 0.05) is 29.0 Å². The van der Waals surface area contributed by atoms with Crippen LogP contribution in [0.4, 0.5) is 5.69 Å². The standard InChI is InChI=1S/C23H21N3O4S/c27-21(14-20-23(30)24-17-8-4-5-9-19(17)31-20)25-26-16(11-13-22(28)29)10-12-18(26)15-6-2-1-3-7-15/h1-10,12,20H,11,13-14H2,(H,24,30)(H,25,27)(H,28,29)/t20-/m0/s1. The zero-order valence-corrected chi connectivity index (χ0v) is 17.4. The van der Waals surface area contributed by atoms with Gasteiger partial charge in [-0.1, -0.05) is 42.5 Å². The number of carboxylic acid groups (broad SMARTS) is 1. The molecule has 4 rings (SSSR count). The molecule has 0 radical (unpaired) electrons. The van der Waals surface area contributed by atoms with Gasteiger partial charge in [-0.15, -0.1) is 11.8 Å². The molecule has 8 heteroatoms. The van der Waals surface area contributed by atoms with E-state index in [-0.39, 0.29) is 31.1 Å². The van der Waals surface area contributed by atoms with E-state index in [1.54, 1.807) is 4.68 Å². The Balaban J connectivity index is 1.53. The number of rotatable bonds is 7. The van der Waals surface area contributed by atoms with Gasteiger partial charge in [0.2, 0.25) is 11.8 Å². The molecule has 0 aliphatic carbocycles. The molecule has 2 aromatic carbocycles. The molecule has 3 N–H and O–H groups in total. The molecule has 3 aromatic rings. The van der Waals surface area contributed by atoms with Crippen molar-refractivity contribution in [1.29, 1.82) is 0 Å². The van der Waals surface area contributed by atoms with Crippen molar-refractivity contribution in [2.75, 3.05) is 10.7 Å². The maximum Gasteiger partial charge on any atom is 0.303 e. The van der Waals surface area contributed by atoms with E-state index in [1.807, 2.05) is 66.7 Å². The van der Waals surface area contributed by atoms with Crippen molar-refractivity contribution >= 4 is 35.2 Å². The maximum absolute atomic E-state index is 12.9. The number of fused-ring (bicyclic) bond motifs is 1. The smallest absolute Gasteiger partial charge is 0.303 e. The molecule has 1 aromatic heterocycles. The summed E-state index contributed by atoms with van der Waals surface area (Å²) in [5, 5.41) is 11.3. The number of aryl methyl sites for hydroxylation is 1. The number of anilines is 1. The summed E-state index contributed by atoms with van der Waals surface area (Å²) in [7, 11) is 0. The molecular weight excluding hydrogens is 414 g/mol. The summed E-state index contributed by atoms with van der Waals surface area (Å²) in [5.74, 6) is -1.44. The first-order valence-electron chi connectivity index (χ1n) is 9.85. The minimum atomic E-state index is -0.908. The zero-order chi connectivity index (χ0) is 21.8. The lowest BCUT2D eigenvalue weighted by molar-refractivity contribution is -0.137. The van der Waals surface area contributed by atoms with Crippen molar-refractivity contribution < 1.29 is 19.5 Å². The normalized spacial score (nSPS) is 15.1. The fraction of sp³-hybridized carbons (Fsp3) is 0.174. The van der Waals surface area contributed by atoms with Crippen molar-refractivity contribution in [3.63, 3.8) is 0 Å². The Morgan fingerprint density at radius 1 is 1.03 bits per heavy atom. The van der Waals surface area contributed by atoms with Crippen LogP contribution in [-0.2, 0) is 20.8 Å². The number of hydrogen-bond donors (Lipinski definition) is 3. The first kappa shape index (κ1) is 20.7. The molecule has 158 valence electrons. The fourth-order valence-corrected chi connectivity index (χ4v) is 4.55. The van der Waals surface area contributed by atoms with Gasteiger partial charge >= 0.3 is 5.97 Å². The average Bonchev–Trinajstić information content (AvgIpc) is 3.15. The highest BCUT2D eigenvalue weighted by atomic mass is 32.2.